The number of carbonyl (C=O) groups is 1. The highest BCUT2D eigenvalue weighted by Crippen LogP contribution is 2.01. The van der Waals surface area contributed by atoms with Gasteiger partial charge in [-0.15, -0.1) is 0 Å². The average molecular weight is 194 g/mol. The highest BCUT2D eigenvalue weighted by atomic mass is 16.5. The van der Waals surface area contributed by atoms with Crippen LogP contribution in [0.1, 0.15) is 0 Å². The molecule has 0 saturated heterocycles. The second kappa shape index (κ2) is 6.01. The van der Waals surface area contributed by atoms with Crippen molar-refractivity contribution in [2.45, 2.75) is 18.3 Å². The molecule has 6 nitrogen and oxygen atoms in total. The molecule has 4 N–H and O–H groups in total. The van der Waals surface area contributed by atoms with E-state index in [2.05, 4.69) is 4.74 Å². The number of Topliss-reactive ketones (excluding diaryl/α,β-unsaturated/α-hetero) is 1. The standard InChI is InChI=1S/C7H14O6/c1-13-3-5(10)7(12)6(11)4(9)2-8/h5-8,10-12H,2-3H2,1H3/t5-,6-,7+/m0/s1. The lowest BCUT2D eigenvalue weighted by Gasteiger charge is -2.20. The number of hydrogen-bond donors (Lipinski definition) is 4. The summed E-state index contributed by atoms with van der Waals surface area (Å²) < 4.78 is 4.49. The second-order valence-corrected chi connectivity index (χ2v) is 2.58. The van der Waals surface area contributed by atoms with Crippen LogP contribution in [0.25, 0.3) is 0 Å². The molecular weight excluding hydrogens is 180 g/mol. The van der Waals surface area contributed by atoms with E-state index in [4.69, 9.17) is 20.4 Å². The third kappa shape index (κ3) is 3.79. The molecule has 0 rings (SSSR count). The van der Waals surface area contributed by atoms with Crippen molar-refractivity contribution >= 4 is 5.78 Å². The third-order valence-corrected chi connectivity index (χ3v) is 1.54. The van der Waals surface area contributed by atoms with Crippen LogP contribution < -0.4 is 0 Å². The van der Waals surface area contributed by atoms with Gasteiger partial charge in [0.25, 0.3) is 0 Å². The molecule has 0 aliphatic rings. The van der Waals surface area contributed by atoms with Crippen molar-refractivity contribution in [3.05, 3.63) is 0 Å². The van der Waals surface area contributed by atoms with Crippen molar-refractivity contribution in [3.63, 3.8) is 0 Å². The zero-order chi connectivity index (χ0) is 10.4. The molecule has 78 valence electrons. The first-order valence-corrected chi connectivity index (χ1v) is 3.71. The topological polar surface area (TPSA) is 107 Å². The lowest BCUT2D eigenvalue weighted by atomic mass is 10.1. The van der Waals surface area contributed by atoms with Crippen LogP contribution in [0.15, 0.2) is 0 Å². The van der Waals surface area contributed by atoms with E-state index in [1.807, 2.05) is 0 Å². The van der Waals surface area contributed by atoms with E-state index in [1.165, 1.54) is 7.11 Å². The summed E-state index contributed by atoms with van der Waals surface area (Å²) >= 11 is 0. The number of methoxy groups -OCH3 is 1. The zero-order valence-corrected chi connectivity index (χ0v) is 7.25. The van der Waals surface area contributed by atoms with Gasteiger partial charge in [-0.3, -0.25) is 4.79 Å². The molecule has 0 fully saturated rings. The maximum absolute atomic E-state index is 10.7. The monoisotopic (exact) mass is 194 g/mol. The minimum Gasteiger partial charge on any atom is -0.388 e. The number of ketones is 1. The molecule has 6 heteroatoms. The SMILES string of the molecule is COC[C@H](O)[C@@H](O)[C@@H](O)C(=O)CO. The van der Waals surface area contributed by atoms with Gasteiger partial charge in [0, 0.05) is 7.11 Å². The van der Waals surface area contributed by atoms with Crippen molar-refractivity contribution < 1.29 is 30.0 Å². The lowest BCUT2D eigenvalue weighted by molar-refractivity contribution is -0.143. The quantitative estimate of drug-likeness (QED) is 0.366. The zero-order valence-electron chi connectivity index (χ0n) is 7.25. The molecule has 0 spiro atoms. The van der Waals surface area contributed by atoms with E-state index in [-0.39, 0.29) is 6.61 Å². The van der Waals surface area contributed by atoms with Crippen LogP contribution in [0, 0.1) is 0 Å². The molecular formula is C7H14O6. The van der Waals surface area contributed by atoms with Gasteiger partial charge >= 0.3 is 0 Å². The van der Waals surface area contributed by atoms with E-state index in [1.54, 1.807) is 0 Å². The van der Waals surface area contributed by atoms with Crippen LogP contribution in [0.5, 0.6) is 0 Å². The molecule has 0 bridgehead atoms. The van der Waals surface area contributed by atoms with Crippen molar-refractivity contribution in [2.24, 2.45) is 0 Å². The molecule has 0 aromatic carbocycles. The minimum atomic E-state index is -1.78. The Labute approximate surface area is 75.4 Å². The first-order valence-electron chi connectivity index (χ1n) is 3.71. The fraction of sp³-hybridized carbons (Fsp3) is 0.857. The van der Waals surface area contributed by atoms with Crippen LogP contribution in [0.4, 0.5) is 0 Å². The molecule has 0 radical (unpaired) electrons. The third-order valence-electron chi connectivity index (χ3n) is 1.54. The van der Waals surface area contributed by atoms with Crippen LogP contribution in [0.2, 0.25) is 0 Å². The molecule has 0 aliphatic carbocycles. The first kappa shape index (κ1) is 12.5. The van der Waals surface area contributed by atoms with E-state index in [0.717, 1.165) is 0 Å². The summed E-state index contributed by atoms with van der Waals surface area (Å²) in [6.07, 6.45) is -4.77. The summed E-state index contributed by atoms with van der Waals surface area (Å²) in [7, 11) is 1.30. The largest absolute Gasteiger partial charge is 0.388 e. The molecule has 0 amide bonds. The number of ether oxygens (including phenoxy) is 1. The van der Waals surface area contributed by atoms with Gasteiger partial charge in [0.1, 0.15) is 24.9 Å². The average Bonchev–Trinajstić information content (AvgIpc) is 2.14. The van der Waals surface area contributed by atoms with Gasteiger partial charge in [-0.05, 0) is 0 Å². The molecule has 0 aromatic rings. The summed E-state index contributed by atoms with van der Waals surface area (Å²) in [6, 6.07) is 0. The molecule has 0 unspecified atom stereocenters. The van der Waals surface area contributed by atoms with Gasteiger partial charge in [-0.25, -0.2) is 0 Å². The van der Waals surface area contributed by atoms with Gasteiger partial charge in [-0.2, -0.15) is 0 Å². The molecule has 0 aliphatic heterocycles. The molecule has 0 aromatic heterocycles. The second-order valence-electron chi connectivity index (χ2n) is 2.58. The van der Waals surface area contributed by atoms with Crippen LogP contribution in [0.3, 0.4) is 0 Å². The highest BCUT2D eigenvalue weighted by Gasteiger charge is 2.29. The first-order chi connectivity index (χ1) is 6.04. The van der Waals surface area contributed by atoms with Gasteiger partial charge < -0.3 is 25.2 Å². The number of hydrogen-bond acceptors (Lipinski definition) is 6. The van der Waals surface area contributed by atoms with Gasteiger partial charge in [0.15, 0.2) is 5.78 Å². The Bertz CT molecular complexity index is 159. The Kier molecular flexibility index (Phi) is 5.76. The van der Waals surface area contributed by atoms with E-state index < -0.39 is 30.7 Å². The van der Waals surface area contributed by atoms with E-state index in [0.29, 0.717) is 0 Å². The molecule has 13 heavy (non-hydrogen) atoms. The maximum Gasteiger partial charge on any atom is 0.189 e. The predicted molar refractivity (Wildman–Crippen MR) is 42.0 cm³/mol. The van der Waals surface area contributed by atoms with Crippen LogP contribution >= 0.6 is 0 Å². The maximum atomic E-state index is 10.7. The fourth-order valence-corrected chi connectivity index (χ4v) is 0.764. The van der Waals surface area contributed by atoms with Gasteiger partial charge in [0.05, 0.1) is 6.61 Å². The number of rotatable bonds is 6. The van der Waals surface area contributed by atoms with Crippen LogP contribution in [-0.4, -0.2) is 64.8 Å². The van der Waals surface area contributed by atoms with Gasteiger partial charge in [0.2, 0.25) is 0 Å². The van der Waals surface area contributed by atoms with Crippen molar-refractivity contribution in [1.82, 2.24) is 0 Å². The van der Waals surface area contributed by atoms with Gasteiger partial charge in [-0.1, -0.05) is 0 Å². The Morgan fingerprint density at radius 1 is 1.38 bits per heavy atom. The summed E-state index contributed by atoms with van der Waals surface area (Å²) in [5, 5.41) is 35.5. The summed E-state index contributed by atoms with van der Waals surface area (Å²) in [4.78, 5) is 10.7. The van der Waals surface area contributed by atoms with E-state index in [9.17, 15) is 4.79 Å². The Morgan fingerprint density at radius 3 is 2.31 bits per heavy atom. The fourth-order valence-electron chi connectivity index (χ4n) is 0.764. The molecule has 0 saturated carbocycles. The van der Waals surface area contributed by atoms with Crippen molar-refractivity contribution in [3.8, 4) is 0 Å². The lowest BCUT2D eigenvalue weighted by Crippen LogP contribution is -2.45. The Balaban J connectivity index is 4.07. The smallest absolute Gasteiger partial charge is 0.189 e. The summed E-state index contributed by atoms with van der Waals surface area (Å²) in [6.45, 7) is -1.07. The Hall–Kier alpha value is -0.530. The molecule has 3 atom stereocenters. The van der Waals surface area contributed by atoms with Crippen LogP contribution in [-0.2, 0) is 9.53 Å². The highest BCUT2D eigenvalue weighted by molar-refractivity contribution is 5.84. The number of aliphatic hydroxyl groups is 4. The van der Waals surface area contributed by atoms with Crippen molar-refractivity contribution in [2.75, 3.05) is 20.3 Å². The van der Waals surface area contributed by atoms with E-state index >= 15 is 0 Å². The molecule has 0 heterocycles. The minimum absolute atomic E-state index is 0.197. The Morgan fingerprint density at radius 2 is 1.92 bits per heavy atom. The predicted octanol–water partition coefficient (Wildman–Crippen LogP) is -2.72. The normalized spacial score (nSPS) is 17.9. The summed E-state index contributed by atoms with van der Waals surface area (Å²) in [5.74, 6) is -0.942. The number of carbonyl (C=O) groups excluding carboxylic acids is 1. The number of aliphatic hydroxyl groups excluding tert-OH is 4. The van der Waals surface area contributed by atoms with Crippen molar-refractivity contribution in [1.29, 1.82) is 0 Å². The summed E-state index contributed by atoms with van der Waals surface area (Å²) in [5.41, 5.74) is 0.